The lowest BCUT2D eigenvalue weighted by atomic mass is 10.0. The Bertz CT molecular complexity index is 1040. The SMILES string of the molecule is Cc1cc2occ(CC(=O)OCC(=O)Nc3ccc(C#N)cc3)c2cc1C. The van der Waals surface area contributed by atoms with Crippen molar-refractivity contribution in [2.24, 2.45) is 0 Å². The van der Waals surface area contributed by atoms with E-state index >= 15 is 0 Å². The van der Waals surface area contributed by atoms with E-state index in [-0.39, 0.29) is 13.0 Å². The topological polar surface area (TPSA) is 92.3 Å². The number of hydrogen-bond donors (Lipinski definition) is 1. The number of esters is 1. The molecule has 0 spiro atoms. The highest BCUT2D eigenvalue weighted by Gasteiger charge is 2.14. The second kappa shape index (κ2) is 7.75. The minimum Gasteiger partial charge on any atom is -0.464 e. The zero-order chi connectivity index (χ0) is 19.4. The molecule has 0 atom stereocenters. The van der Waals surface area contributed by atoms with Gasteiger partial charge in [0.15, 0.2) is 6.61 Å². The summed E-state index contributed by atoms with van der Waals surface area (Å²) in [6.07, 6.45) is 1.57. The number of nitrogens with one attached hydrogen (secondary N) is 1. The van der Waals surface area contributed by atoms with Gasteiger partial charge in [-0.15, -0.1) is 0 Å². The summed E-state index contributed by atoms with van der Waals surface area (Å²) in [6, 6.07) is 12.3. The first kappa shape index (κ1) is 18.2. The van der Waals surface area contributed by atoms with E-state index in [4.69, 9.17) is 14.4 Å². The first-order valence-electron chi connectivity index (χ1n) is 8.39. The summed E-state index contributed by atoms with van der Waals surface area (Å²) in [5.41, 5.74) is 4.70. The first-order chi connectivity index (χ1) is 13.0. The van der Waals surface area contributed by atoms with Crippen LogP contribution in [-0.2, 0) is 20.7 Å². The van der Waals surface area contributed by atoms with E-state index in [9.17, 15) is 9.59 Å². The van der Waals surface area contributed by atoms with Crippen LogP contribution in [0, 0.1) is 25.2 Å². The maximum Gasteiger partial charge on any atom is 0.310 e. The second-order valence-corrected chi connectivity index (χ2v) is 6.27. The number of furan rings is 1. The Hall–Kier alpha value is -3.59. The fraction of sp³-hybridized carbons (Fsp3) is 0.190. The van der Waals surface area contributed by atoms with E-state index in [0.29, 0.717) is 11.3 Å². The maximum atomic E-state index is 12.1. The van der Waals surface area contributed by atoms with Gasteiger partial charge in [-0.1, -0.05) is 0 Å². The van der Waals surface area contributed by atoms with Gasteiger partial charge in [-0.25, -0.2) is 0 Å². The highest BCUT2D eigenvalue weighted by Crippen LogP contribution is 2.25. The molecule has 0 bridgehead atoms. The average molecular weight is 362 g/mol. The third-order valence-corrected chi connectivity index (χ3v) is 4.27. The zero-order valence-corrected chi connectivity index (χ0v) is 15.0. The molecular formula is C21H18N2O4. The number of nitrogens with zero attached hydrogens (tertiary/aromatic N) is 1. The molecule has 0 saturated heterocycles. The summed E-state index contributed by atoms with van der Waals surface area (Å²) in [4.78, 5) is 24.0. The minimum atomic E-state index is -0.508. The van der Waals surface area contributed by atoms with E-state index in [2.05, 4.69) is 5.32 Å². The summed E-state index contributed by atoms with van der Waals surface area (Å²) in [5.74, 6) is -0.956. The van der Waals surface area contributed by atoms with Gasteiger partial charge in [0.25, 0.3) is 5.91 Å². The Morgan fingerprint density at radius 1 is 1.15 bits per heavy atom. The molecule has 0 aliphatic carbocycles. The number of hydrogen-bond acceptors (Lipinski definition) is 5. The van der Waals surface area contributed by atoms with Crippen molar-refractivity contribution in [2.75, 3.05) is 11.9 Å². The fourth-order valence-corrected chi connectivity index (χ4v) is 2.65. The van der Waals surface area contributed by atoms with Crippen LogP contribution >= 0.6 is 0 Å². The summed E-state index contributed by atoms with van der Waals surface area (Å²) >= 11 is 0. The fourth-order valence-electron chi connectivity index (χ4n) is 2.65. The highest BCUT2D eigenvalue weighted by atomic mass is 16.5. The van der Waals surface area contributed by atoms with E-state index in [0.717, 1.165) is 27.7 Å². The summed E-state index contributed by atoms with van der Waals surface area (Å²) in [5, 5.41) is 12.2. The molecule has 6 nitrogen and oxygen atoms in total. The minimum absolute atomic E-state index is 0.0274. The van der Waals surface area contributed by atoms with Crippen LogP contribution in [0.4, 0.5) is 5.69 Å². The van der Waals surface area contributed by atoms with Crippen LogP contribution in [0.3, 0.4) is 0 Å². The number of benzene rings is 2. The summed E-state index contributed by atoms with van der Waals surface area (Å²) in [6.45, 7) is 3.61. The molecule has 0 radical (unpaired) electrons. The van der Waals surface area contributed by atoms with Crippen molar-refractivity contribution in [3.63, 3.8) is 0 Å². The van der Waals surface area contributed by atoms with Gasteiger partial charge in [-0.2, -0.15) is 5.26 Å². The van der Waals surface area contributed by atoms with E-state index in [1.54, 1.807) is 30.5 Å². The van der Waals surface area contributed by atoms with Crippen molar-refractivity contribution in [2.45, 2.75) is 20.3 Å². The molecule has 0 fully saturated rings. The van der Waals surface area contributed by atoms with Gasteiger partial charge in [-0.3, -0.25) is 9.59 Å². The monoisotopic (exact) mass is 362 g/mol. The van der Waals surface area contributed by atoms with Crippen LogP contribution in [0.1, 0.15) is 22.3 Å². The van der Waals surface area contributed by atoms with Gasteiger partial charge < -0.3 is 14.5 Å². The van der Waals surface area contributed by atoms with Crippen molar-refractivity contribution >= 4 is 28.5 Å². The quantitative estimate of drug-likeness (QED) is 0.700. The van der Waals surface area contributed by atoms with E-state index in [1.807, 2.05) is 32.0 Å². The number of anilines is 1. The number of aryl methyl sites for hydroxylation is 2. The van der Waals surface area contributed by atoms with Crippen LogP contribution in [0.2, 0.25) is 0 Å². The summed E-state index contributed by atoms with van der Waals surface area (Å²) in [7, 11) is 0. The Balaban J connectivity index is 1.55. The van der Waals surface area contributed by atoms with Crippen LogP contribution in [-0.4, -0.2) is 18.5 Å². The van der Waals surface area contributed by atoms with Gasteiger partial charge in [0.1, 0.15) is 5.58 Å². The van der Waals surface area contributed by atoms with Crippen LogP contribution in [0.15, 0.2) is 47.1 Å². The molecule has 0 aliphatic rings. The lowest BCUT2D eigenvalue weighted by Crippen LogP contribution is -2.21. The van der Waals surface area contributed by atoms with E-state index < -0.39 is 11.9 Å². The first-order valence-corrected chi connectivity index (χ1v) is 8.39. The highest BCUT2D eigenvalue weighted by molar-refractivity contribution is 5.93. The van der Waals surface area contributed by atoms with Gasteiger partial charge >= 0.3 is 5.97 Å². The van der Waals surface area contributed by atoms with Crippen molar-refractivity contribution in [1.82, 2.24) is 0 Å². The molecular weight excluding hydrogens is 344 g/mol. The summed E-state index contributed by atoms with van der Waals surface area (Å²) < 4.78 is 10.6. The third kappa shape index (κ3) is 4.33. The Morgan fingerprint density at radius 3 is 2.56 bits per heavy atom. The van der Waals surface area contributed by atoms with Crippen LogP contribution in [0.25, 0.3) is 11.0 Å². The molecule has 1 amide bonds. The van der Waals surface area contributed by atoms with Crippen molar-refractivity contribution in [3.05, 3.63) is 64.9 Å². The number of carbonyl (C=O) groups excluding carboxylic acids is 2. The largest absolute Gasteiger partial charge is 0.464 e. The Labute approximate surface area is 156 Å². The molecule has 1 N–H and O–H groups in total. The molecule has 0 aliphatic heterocycles. The molecule has 3 aromatic rings. The lowest BCUT2D eigenvalue weighted by molar-refractivity contribution is -0.146. The molecule has 136 valence electrons. The van der Waals surface area contributed by atoms with Gasteiger partial charge in [-0.05, 0) is 61.4 Å². The molecule has 0 saturated carbocycles. The number of amides is 1. The smallest absolute Gasteiger partial charge is 0.310 e. The standard InChI is InChI=1S/C21H18N2O4/c1-13-7-18-16(11-26-19(18)8-14(13)2)9-21(25)27-12-20(24)23-17-5-3-15(10-22)4-6-17/h3-8,11H,9,12H2,1-2H3,(H,23,24). The predicted molar refractivity (Wildman–Crippen MR) is 100 cm³/mol. The molecule has 1 aromatic heterocycles. The maximum absolute atomic E-state index is 12.1. The van der Waals surface area contributed by atoms with Crippen molar-refractivity contribution < 1.29 is 18.7 Å². The Kier molecular flexibility index (Phi) is 5.23. The predicted octanol–water partition coefficient (Wildman–Crippen LogP) is 3.65. The number of rotatable bonds is 5. The number of nitriles is 1. The number of carbonyl (C=O) groups is 2. The molecule has 2 aromatic carbocycles. The zero-order valence-electron chi connectivity index (χ0n) is 15.0. The van der Waals surface area contributed by atoms with Crippen LogP contribution < -0.4 is 5.32 Å². The second-order valence-electron chi connectivity index (χ2n) is 6.27. The Morgan fingerprint density at radius 2 is 1.85 bits per heavy atom. The molecule has 1 heterocycles. The molecule has 3 rings (SSSR count). The number of fused-ring (bicyclic) bond motifs is 1. The third-order valence-electron chi connectivity index (χ3n) is 4.27. The van der Waals surface area contributed by atoms with Gasteiger partial charge in [0, 0.05) is 16.6 Å². The van der Waals surface area contributed by atoms with E-state index in [1.165, 1.54) is 0 Å². The van der Waals surface area contributed by atoms with Crippen LogP contribution in [0.5, 0.6) is 0 Å². The lowest BCUT2D eigenvalue weighted by Gasteiger charge is -2.06. The van der Waals surface area contributed by atoms with Gasteiger partial charge in [0.2, 0.25) is 0 Å². The normalized spacial score (nSPS) is 10.4. The van der Waals surface area contributed by atoms with Gasteiger partial charge in [0.05, 0.1) is 24.3 Å². The molecule has 0 unspecified atom stereocenters. The molecule has 6 heteroatoms. The van der Waals surface area contributed by atoms with Crippen molar-refractivity contribution in [3.8, 4) is 6.07 Å². The number of ether oxygens (including phenoxy) is 1. The molecule has 27 heavy (non-hydrogen) atoms. The average Bonchev–Trinajstić information content (AvgIpc) is 3.02. The van der Waals surface area contributed by atoms with Crippen molar-refractivity contribution in [1.29, 1.82) is 5.26 Å².